The first-order chi connectivity index (χ1) is 5.52. The lowest BCUT2D eigenvalue weighted by Gasteiger charge is -1.99. The molecular weight excluding hydrogens is 180 g/mol. The lowest BCUT2D eigenvalue weighted by molar-refractivity contribution is -0.384. The van der Waals surface area contributed by atoms with E-state index in [1.807, 2.05) is 0 Å². The highest BCUT2D eigenvalue weighted by Crippen LogP contribution is 2.18. The van der Waals surface area contributed by atoms with Crippen LogP contribution in [0.25, 0.3) is 0 Å². The van der Waals surface area contributed by atoms with Crippen molar-refractivity contribution in [2.24, 2.45) is 0 Å². The maximum absolute atomic E-state index is 10.3. The van der Waals surface area contributed by atoms with Gasteiger partial charge in [-0.15, -0.1) is 0 Å². The van der Waals surface area contributed by atoms with Crippen molar-refractivity contribution in [3.8, 4) is 0 Å². The highest BCUT2D eigenvalue weighted by Gasteiger charge is 2.14. The van der Waals surface area contributed by atoms with Gasteiger partial charge in [0.2, 0.25) is 5.82 Å². The largest absolute Gasteiger partial charge is 0.378 e. The van der Waals surface area contributed by atoms with Crippen molar-refractivity contribution >= 4 is 36.4 Å². The molecule has 62 valence electrons. The number of nitrogens with zero attached hydrogens (tertiary/aromatic N) is 2. The van der Waals surface area contributed by atoms with E-state index in [-0.39, 0.29) is 16.7 Å². The summed E-state index contributed by atoms with van der Waals surface area (Å²) in [6.45, 7) is 0. The van der Waals surface area contributed by atoms with Gasteiger partial charge in [-0.1, -0.05) is 11.6 Å². The average Bonchev–Trinajstić information content (AvgIpc) is 1.96. The Kier molecular flexibility index (Phi) is 2.19. The number of anilines is 1. The standard InChI is InChI=1S/C5H5BClN3O2/c6-2-1-3(10(11)12)5(8)9-4(2)7/h1H,6H2,(H2,8,9). The van der Waals surface area contributed by atoms with Gasteiger partial charge in [0.05, 0.1) is 4.92 Å². The van der Waals surface area contributed by atoms with Crippen molar-refractivity contribution in [1.29, 1.82) is 0 Å². The van der Waals surface area contributed by atoms with Crippen LogP contribution < -0.4 is 11.2 Å². The Morgan fingerprint density at radius 1 is 1.75 bits per heavy atom. The van der Waals surface area contributed by atoms with Crippen LogP contribution in [0.4, 0.5) is 11.5 Å². The molecule has 0 saturated carbocycles. The van der Waals surface area contributed by atoms with E-state index >= 15 is 0 Å². The second-order valence-corrected chi connectivity index (χ2v) is 2.62. The molecule has 0 radical (unpaired) electrons. The minimum Gasteiger partial charge on any atom is -0.378 e. The number of rotatable bonds is 1. The predicted octanol–water partition coefficient (Wildman–Crippen LogP) is -0.516. The number of nitrogens with two attached hydrogens (primary N) is 1. The zero-order valence-electron chi connectivity index (χ0n) is 6.24. The van der Waals surface area contributed by atoms with E-state index in [4.69, 9.17) is 17.3 Å². The quantitative estimate of drug-likeness (QED) is 0.276. The summed E-state index contributed by atoms with van der Waals surface area (Å²) in [7, 11) is 1.63. The number of hydrogen-bond donors (Lipinski definition) is 1. The first-order valence-electron chi connectivity index (χ1n) is 3.09. The number of hydrogen-bond acceptors (Lipinski definition) is 4. The molecule has 0 saturated heterocycles. The molecule has 0 unspecified atom stereocenters. The smallest absolute Gasteiger partial charge is 0.310 e. The van der Waals surface area contributed by atoms with E-state index in [0.29, 0.717) is 5.46 Å². The molecule has 2 N–H and O–H groups in total. The van der Waals surface area contributed by atoms with Crippen molar-refractivity contribution < 1.29 is 4.92 Å². The Morgan fingerprint density at radius 3 is 2.83 bits per heavy atom. The van der Waals surface area contributed by atoms with Crippen molar-refractivity contribution in [2.75, 3.05) is 5.73 Å². The molecule has 7 heteroatoms. The van der Waals surface area contributed by atoms with Crippen LogP contribution in [-0.4, -0.2) is 17.8 Å². The van der Waals surface area contributed by atoms with Gasteiger partial charge in [0.15, 0.2) is 0 Å². The number of nitro groups is 1. The van der Waals surface area contributed by atoms with Crippen molar-refractivity contribution in [3.05, 3.63) is 21.3 Å². The molecule has 1 rings (SSSR count). The van der Waals surface area contributed by atoms with Crippen LogP contribution in [0.1, 0.15) is 0 Å². The first-order valence-corrected chi connectivity index (χ1v) is 3.47. The molecule has 0 bridgehead atoms. The lowest BCUT2D eigenvalue weighted by Crippen LogP contribution is -2.10. The van der Waals surface area contributed by atoms with E-state index in [1.165, 1.54) is 6.07 Å². The summed E-state index contributed by atoms with van der Waals surface area (Å²) >= 11 is 5.58. The Balaban J connectivity index is 3.33. The maximum Gasteiger partial charge on any atom is 0.310 e. The van der Waals surface area contributed by atoms with Gasteiger partial charge >= 0.3 is 5.69 Å². The highest BCUT2D eigenvalue weighted by atomic mass is 35.5. The van der Waals surface area contributed by atoms with E-state index in [2.05, 4.69) is 4.98 Å². The Labute approximate surface area is 74.1 Å². The number of aromatic nitrogens is 1. The Morgan fingerprint density at radius 2 is 2.33 bits per heavy atom. The molecule has 0 spiro atoms. The molecule has 0 fully saturated rings. The highest BCUT2D eigenvalue weighted by molar-refractivity contribution is 6.44. The van der Waals surface area contributed by atoms with E-state index in [9.17, 15) is 10.1 Å². The first kappa shape index (κ1) is 8.80. The third kappa shape index (κ3) is 1.48. The number of nitrogen functional groups attached to an aromatic ring is 1. The molecule has 0 aromatic carbocycles. The molecule has 5 nitrogen and oxygen atoms in total. The molecule has 1 aromatic rings. The predicted molar refractivity (Wildman–Crippen MR) is 48.5 cm³/mol. The fourth-order valence-corrected chi connectivity index (χ4v) is 0.882. The van der Waals surface area contributed by atoms with Crippen LogP contribution in [0.3, 0.4) is 0 Å². The summed E-state index contributed by atoms with van der Waals surface area (Å²) in [6, 6.07) is 1.30. The topological polar surface area (TPSA) is 82.0 Å². The Bertz CT molecular complexity index is 344. The average molecular weight is 185 g/mol. The second-order valence-electron chi connectivity index (χ2n) is 2.26. The van der Waals surface area contributed by atoms with Crippen LogP contribution in [0.15, 0.2) is 6.07 Å². The van der Waals surface area contributed by atoms with Crippen molar-refractivity contribution in [1.82, 2.24) is 4.98 Å². The summed E-state index contributed by atoms with van der Waals surface area (Å²) in [4.78, 5) is 13.3. The molecule has 0 atom stereocenters. The van der Waals surface area contributed by atoms with E-state index < -0.39 is 4.92 Å². The normalized spacial score (nSPS) is 9.75. The molecule has 0 aliphatic heterocycles. The van der Waals surface area contributed by atoms with Crippen LogP contribution in [0, 0.1) is 10.1 Å². The summed E-state index contributed by atoms with van der Waals surface area (Å²) in [5.74, 6) is -0.157. The monoisotopic (exact) mass is 185 g/mol. The maximum atomic E-state index is 10.3. The van der Waals surface area contributed by atoms with Crippen molar-refractivity contribution in [2.45, 2.75) is 0 Å². The molecule has 0 aliphatic rings. The molecule has 1 heterocycles. The third-order valence-corrected chi connectivity index (χ3v) is 1.74. The third-order valence-electron chi connectivity index (χ3n) is 1.36. The molecule has 0 aliphatic carbocycles. The van der Waals surface area contributed by atoms with Gasteiger partial charge < -0.3 is 5.73 Å². The SMILES string of the molecule is Bc1cc([N+](=O)[O-])c(N)nc1Cl. The summed E-state index contributed by atoms with van der Waals surface area (Å²) in [5, 5.41) is 10.5. The fraction of sp³-hybridized carbons (Fsp3) is 0. The summed E-state index contributed by atoms with van der Waals surface area (Å²) in [6.07, 6.45) is 0. The summed E-state index contributed by atoms with van der Waals surface area (Å²) in [5.41, 5.74) is 5.58. The number of pyridine rings is 1. The van der Waals surface area contributed by atoms with Gasteiger partial charge in [-0.05, 0) is 5.46 Å². The van der Waals surface area contributed by atoms with Crippen LogP contribution in [-0.2, 0) is 0 Å². The van der Waals surface area contributed by atoms with E-state index in [1.54, 1.807) is 7.85 Å². The lowest BCUT2D eigenvalue weighted by atomic mass is 9.98. The number of halogens is 1. The van der Waals surface area contributed by atoms with Gasteiger partial charge in [0.25, 0.3) is 0 Å². The molecule has 12 heavy (non-hydrogen) atoms. The molecule has 1 aromatic heterocycles. The zero-order chi connectivity index (χ0) is 9.30. The fourth-order valence-electron chi connectivity index (χ4n) is 0.736. The van der Waals surface area contributed by atoms with Crippen LogP contribution in [0.2, 0.25) is 5.15 Å². The molecular formula is C5H5BClN3O2. The molecule has 0 amide bonds. The summed E-state index contributed by atoms with van der Waals surface area (Å²) < 4.78 is 0. The van der Waals surface area contributed by atoms with Gasteiger partial charge in [-0.3, -0.25) is 10.1 Å². The zero-order valence-corrected chi connectivity index (χ0v) is 7.00. The minimum atomic E-state index is -0.592. The van der Waals surface area contributed by atoms with Crippen LogP contribution in [0.5, 0.6) is 0 Å². The minimum absolute atomic E-state index is 0.157. The van der Waals surface area contributed by atoms with Crippen molar-refractivity contribution in [3.63, 3.8) is 0 Å². The Hall–Kier alpha value is -1.30. The van der Waals surface area contributed by atoms with Gasteiger partial charge in [0.1, 0.15) is 13.0 Å². The van der Waals surface area contributed by atoms with Gasteiger partial charge in [0, 0.05) is 6.07 Å². The van der Waals surface area contributed by atoms with E-state index in [0.717, 1.165) is 0 Å². The van der Waals surface area contributed by atoms with Crippen LogP contribution >= 0.6 is 11.6 Å². The second kappa shape index (κ2) is 2.98. The van der Waals surface area contributed by atoms with Gasteiger partial charge in [-0.25, -0.2) is 4.98 Å². The van der Waals surface area contributed by atoms with Gasteiger partial charge in [-0.2, -0.15) is 0 Å².